The van der Waals surface area contributed by atoms with Crippen molar-refractivity contribution in [1.82, 2.24) is 30.1 Å². The molecule has 0 bridgehead atoms. The van der Waals surface area contributed by atoms with Gasteiger partial charge in [0.1, 0.15) is 17.3 Å². The number of aromatic nitrogens is 6. The van der Waals surface area contributed by atoms with Gasteiger partial charge in [0, 0.05) is 34.8 Å². The molecule has 0 fully saturated rings. The first-order valence-corrected chi connectivity index (χ1v) is 12.1. The second-order valence-corrected chi connectivity index (χ2v) is 8.56. The summed E-state index contributed by atoms with van der Waals surface area (Å²) in [7, 11) is 1.53. The molecule has 0 atom stereocenters. The summed E-state index contributed by atoms with van der Waals surface area (Å²) >= 11 is 0. The maximum atomic E-state index is 14.7. The molecule has 0 saturated heterocycles. The molecule has 0 unspecified atom stereocenters. The van der Waals surface area contributed by atoms with E-state index in [4.69, 9.17) is 15.2 Å². The molecule has 6 rings (SSSR count). The molecule has 11 heteroatoms. The number of ether oxygens (including phenoxy) is 2. The van der Waals surface area contributed by atoms with Crippen LogP contribution in [0.2, 0.25) is 0 Å². The lowest BCUT2D eigenvalue weighted by atomic mass is 10.0. The van der Waals surface area contributed by atoms with Gasteiger partial charge < -0.3 is 20.5 Å². The first kappa shape index (κ1) is 24.6. The highest BCUT2D eigenvalue weighted by Crippen LogP contribution is 2.34. The van der Waals surface area contributed by atoms with Crippen LogP contribution in [0.3, 0.4) is 0 Å². The number of methoxy groups -OCH3 is 1. The summed E-state index contributed by atoms with van der Waals surface area (Å²) in [4.78, 5) is 16.9. The van der Waals surface area contributed by atoms with E-state index in [1.165, 1.54) is 13.2 Å². The number of halogens is 1. The number of fused-ring (bicyclic) bond motifs is 1. The predicted octanol–water partition coefficient (Wildman–Crippen LogP) is 5.81. The van der Waals surface area contributed by atoms with Gasteiger partial charge in [0.25, 0.3) is 0 Å². The molecule has 3 N–H and O–H groups in total. The molecular weight excluding hydrogens is 511 g/mol. The van der Waals surface area contributed by atoms with Crippen LogP contribution in [0.5, 0.6) is 17.5 Å². The highest BCUT2D eigenvalue weighted by atomic mass is 19.1. The lowest BCUT2D eigenvalue weighted by Crippen LogP contribution is -2.01. The normalized spacial score (nSPS) is 10.8. The zero-order valence-electron chi connectivity index (χ0n) is 21.1. The number of hydrogen-bond donors (Lipinski definition) is 2. The van der Waals surface area contributed by atoms with E-state index in [0.29, 0.717) is 51.5 Å². The van der Waals surface area contributed by atoms with Crippen LogP contribution in [-0.2, 0) is 0 Å². The second-order valence-electron chi connectivity index (χ2n) is 8.56. The zero-order chi connectivity index (χ0) is 27.5. The first-order valence-electron chi connectivity index (χ1n) is 12.1. The van der Waals surface area contributed by atoms with E-state index < -0.39 is 5.82 Å². The van der Waals surface area contributed by atoms with Crippen LogP contribution < -0.4 is 20.5 Å². The summed E-state index contributed by atoms with van der Waals surface area (Å²) < 4.78 is 25.9. The number of nitrogen functional groups attached to an aromatic ring is 1. The molecule has 0 aliphatic carbocycles. The Morgan fingerprint density at radius 2 is 1.70 bits per heavy atom. The minimum Gasteiger partial charge on any atom is -0.497 e. The van der Waals surface area contributed by atoms with Gasteiger partial charge in [0.05, 0.1) is 30.3 Å². The molecule has 0 aliphatic heterocycles. The van der Waals surface area contributed by atoms with Gasteiger partial charge in [0.15, 0.2) is 5.82 Å². The van der Waals surface area contributed by atoms with Crippen molar-refractivity contribution < 1.29 is 13.9 Å². The van der Waals surface area contributed by atoms with Crippen LogP contribution in [0.4, 0.5) is 21.8 Å². The van der Waals surface area contributed by atoms with Crippen LogP contribution in [0, 0.1) is 5.82 Å². The molecule has 0 aliphatic rings. The number of nitrogens with two attached hydrogens (primary N) is 1. The molecule has 0 spiro atoms. The molecule has 40 heavy (non-hydrogen) atoms. The standard InChI is InChI=1S/C29H21FN8O2/c1-39-18-9-10-23(30)22(15-18)26-19-5-2-3-6-20(19)27(38-37-26)35-17-8-11-25(34-16-17)40-28-21(7-4-13-32-28)24-12-14-33-29(31)36-24/h2-16H,1H3,(H,35,38)(H2,31,33,36). The summed E-state index contributed by atoms with van der Waals surface area (Å²) in [5.74, 6) is 1.40. The molecule has 196 valence electrons. The van der Waals surface area contributed by atoms with Crippen LogP contribution in [-0.4, -0.2) is 37.2 Å². The van der Waals surface area contributed by atoms with Gasteiger partial charge in [0.2, 0.25) is 17.7 Å². The third kappa shape index (κ3) is 4.90. The summed E-state index contributed by atoms with van der Waals surface area (Å²) in [5.41, 5.74) is 8.33. The van der Waals surface area contributed by atoms with Gasteiger partial charge in [-0.15, -0.1) is 10.2 Å². The maximum Gasteiger partial charge on any atom is 0.230 e. The van der Waals surface area contributed by atoms with Crippen molar-refractivity contribution >= 4 is 28.2 Å². The van der Waals surface area contributed by atoms with Crippen molar-refractivity contribution in [3.05, 3.63) is 97.2 Å². The van der Waals surface area contributed by atoms with E-state index in [9.17, 15) is 4.39 Å². The molecule has 4 heterocycles. The number of hydrogen-bond acceptors (Lipinski definition) is 10. The Morgan fingerprint density at radius 1 is 0.825 bits per heavy atom. The number of pyridine rings is 2. The van der Waals surface area contributed by atoms with Crippen LogP contribution >= 0.6 is 0 Å². The number of rotatable bonds is 7. The average Bonchev–Trinajstić information content (AvgIpc) is 2.99. The lowest BCUT2D eigenvalue weighted by molar-refractivity contribution is 0.414. The molecule has 0 saturated carbocycles. The monoisotopic (exact) mass is 532 g/mol. The average molecular weight is 533 g/mol. The summed E-state index contributed by atoms with van der Waals surface area (Å²) in [6.07, 6.45) is 4.79. The van der Waals surface area contributed by atoms with Crippen LogP contribution in [0.25, 0.3) is 33.3 Å². The van der Waals surface area contributed by atoms with E-state index in [2.05, 4.69) is 35.5 Å². The van der Waals surface area contributed by atoms with Gasteiger partial charge in [-0.1, -0.05) is 24.3 Å². The number of anilines is 3. The Morgan fingerprint density at radius 3 is 2.50 bits per heavy atom. The minimum atomic E-state index is -0.417. The van der Waals surface area contributed by atoms with Gasteiger partial charge in [-0.3, -0.25) is 0 Å². The number of benzene rings is 2. The first-order chi connectivity index (χ1) is 19.6. The van der Waals surface area contributed by atoms with E-state index in [1.807, 2.05) is 30.3 Å². The highest BCUT2D eigenvalue weighted by Gasteiger charge is 2.16. The Bertz CT molecular complexity index is 1830. The lowest BCUT2D eigenvalue weighted by Gasteiger charge is -2.13. The fourth-order valence-electron chi connectivity index (χ4n) is 4.15. The van der Waals surface area contributed by atoms with Crippen LogP contribution in [0.1, 0.15) is 0 Å². The summed E-state index contributed by atoms with van der Waals surface area (Å²) in [5, 5.41) is 13.4. The van der Waals surface area contributed by atoms with Crippen molar-refractivity contribution in [1.29, 1.82) is 0 Å². The highest BCUT2D eigenvalue weighted by molar-refractivity contribution is 6.01. The molecule has 0 radical (unpaired) electrons. The van der Waals surface area contributed by atoms with Gasteiger partial charge in [-0.05, 0) is 42.5 Å². The zero-order valence-corrected chi connectivity index (χ0v) is 21.1. The fraction of sp³-hybridized carbons (Fsp3) is 0.0345. The van der Waals surface area contributed by atoms with E-state index in [0.717, 1.165) is 10.8 Å². The van der Waals surface area contributed by atoms with Gasteiger partial charge in [-0.2, -0.15) is 0 Å². The topological polar surface area (TPSA) is 134 Å². The van der Waals surface area contributed by atoms with Gasteiger partial charge >= 0.3 is 0 Å². The predicted molar refractivity (Wildman–Crippen MR) is 149 cm³/mol. The number of nitrogens with zero attached hydrogens (tertiary/aromatic N) is 6. The molecule has 6 aromatic rings. The molecule has 10 nitrogen and oxygen atoms in total. The van der Waals surface area contributed by atoms with Crippen LogP contribution in [0.15, 0.2) is 91.4 Å². The Balaban J connectivity index is 1.27. The van der Waals surface area contributed by atoms with Crippen molar-refractivity contribution in [3.63, 3.8) is 0 Å². The minimum absolute atomic E-state index is 0.151. The molecule has 2 aromatic carbocycles. The van der Waals surface area contributed by atoms with Crippen molar-refractivity contribution in [2.24, 2.45) is 0 Å². The van der Waals surface area contributed by atoms with Crippen molar-refractivity contribution in [2.75, 3.05) is 18.2 Å². The number of nitrogens with one attached hydrogen (secondary N) is 1. The van der Waals surface area contributed by atoms with E-state index in [1.54, 1.807) is 55.0 Å². The Kier molecular flexibility index (Phi) is 6.51. The smallest absolute Gasteiger partial charge is 0.230 e. The fourth-order valence-corrected chi connectivity index (χ4v) is 4.15. The molecule has 0 amide bonds. The Hall–Kier alpha value is -5.71. The van der Waals surface area contributed by atoms with Gasteiger partial charge in [-0.25, -0.2) is 24.3 Å². The summed E-state index contributed by atoms with van der Waals surface area (Å²) in [6.45, 7) is 0. The Labute approximate surface area is 227 Å². The van der Waals surface area contributed by atoms with E-state index in [-0.39, 0.29) is 5.95 Å². The molecule has 4 aromatic heterocycles. The SMILES string of the molecule is COc1ccc(F)c(-c2nnc(Nc3ccc(Oc4ncccc4-c4ccnc(N)n4)nc3)c3ccccc23)c1. The third-order valence-electron chi connectivity index (χ3n) is 6.04. The largest absolute Gasteiger partial charge is 0.497 e. The third-order valence-corrected chi connectivity index (χ3v) is 6.04. The summed E-state index contributed by atoms with van der Waals surface area (Å²) in [6, 6.07) is 20.8. The second kappa shape index (κ2) is 10.6. The molecular formula is C29H21FN8O2. The quantitative estimate of drug-likeness (QED) is 0.259. The van der Waals surface area contributed by atoms with Crippen molar-refractivity contribution in [2.45, 2.75) is 0 Å². The maximum absolute atomic E-state index is 14.7. The van der Waals surface area contributed by atoms with Crippen molar-refractivity contribution in [3.8, 4) is 40.0 Å². The van der Waals surface area contributed by atoms with E-state index >= 15 is 0 Å².